The summed E-state index contributed by atoms with van der Waals surface area (Å²) >= 11 is 7.32. The average molecular weight is 270 g/mol. The lowest BCUT2D eigenvalue weighted by atomic mass is 10.4. The zero-order valence-corrected chi connectivity index (χ0v) is 11.6. The van der Waals surface area contributed by atoms with Crippen molar-refractivity contribution in [3.8, 4) is 0 Å². The van der Waals surface area contributed by atoms with Crippen LogP contribution in [-0.2, 0) is 0 Å². The Hall–Kier alpha value is -1.07. The summed E-state index contributed by atoms with van der Waals surface area (Å²) in [7, 11) is 0. The highest BCUT2D eigenvalue weighted by atomic mass is 35.5. The molecule has 2 heterocycles. The topological polar surface area (TPSA) is 51.8 Å². The molecule has 4 nitrogen and oxygen atoms in total. The quantitative estimate of drug-likeness (QED) is 0.835. The van der Waals surface area contributed by atoms with Crippen molar-refractivity contribution in [3.63, 3.8) is 0 Å². The van der Waals surface area contributed by atoms with Crippen molar-refractivity contribution in [3.05, 3.63) is 28.0 Å². The number of oxazole rings is 1. The zero-order valence-electron chi connectivity index (χ0n) is 10.0. The Balaban J connectivity index is 2.33. The number of hydrogen-bond donors (Lipinski definition) is 0. The summed E-state index contributed by atoms with van der Waals surface area (Å²) < 4.78 is 5.47. The third kappa shape index (κ3) is 2.61. The third-order valence-corrected chi connectivity index (χ3v) is 3.63. The van der Waals surface area contributed by atoms with Gasteiger partial charge in [-0.25, -0.2) is 15.0 Å². The lowest BCUT2D eigenvalue weighted by molar-refractivity contribution is 0.431. The summed E-state index contributed by atoms with van der Waals surface area (Å²) in [6.07, 6.45) is 0. The Morgan fingerprint density at radius 1 is 0.941 bits per heavy atom. The van der Waals surface area contributed by atoms with Gasteiger partial charge in [-0.3, -0.25) is 0 Å². The first-order valence-electron chi connectivity index (χ1n) is 5.10. The van der Waals surface area contributed by atoms with Crippen LogP contribution in [0.2, 0.25) is 5.15 Å². The van der Waals surface area contributed by atoms with Gasteiger partial charge in [0.15, 0.2) is 5.15 Å². The highest BCUT2D eigenvalue weighted by Crippen LogP contribution is 2.31. The molecule has 0 spiro atoms. The van der Waals surface area contributed by atoms with Crippen LogP contribution < -0.4 is 0 Å². The van der Waals surface area contributed by atoms with Crippen LogP contribution >= 0.6 is 23.4 Å². The third-order valence-electron chi connectivity index (χ3n) is 2.43. The highest BCUT2D eigenvalue weighted by Gasteiger charge is 2.13. The van der Waals surface area contributed by atoms with Gasteiger partial charge >= 0.3 is 0 Å². The summed E-state index contributed by atoms with van der Waals surface area (Å²) in [4.78, 5) is 12.9. The van der Waals surface area contributed by atoms with E-state index in [0.717, 1.165) is 22.8 Å². The number of aromatic nitrogens is 3. The molecule has 0 saturated carbocycles. The number of halogens is 1. The molecular formula is C11H12ClN3OS. The van der Waals surface area contributed by atoms with Crippen molar-refractivity contribution < 1.29 is 4.42 Å². The Kier molecular flexibility index (Phi) is 3.40. The van der Waals surface area contributed by atoms with Gasteiger partial charge in [0.25, 0.3) is 5.22 Å². The highest BCUT2D eigenvalue weighted by molar-refractivity contribution is 7.99. The van der Waals surface area contributed by atoms with Gasteiger partial charge in [-0.15, -0.1) is 0 Å². The predicted octanol–water partition coefficient (Wildman–Crippen LogP) is 3.50. The van der Waals surface area contributed by atoms with E-state index in [1.165, 1.54) is 11.8 Å². The van der Waals surface area contributed by atoms with Crippen LogP contribution in [0.3, 0.4) is 0 Å². The Morgan fingerprint density at radius 3 is 2.18 bits per heavy atom. The molecule has 0 saturated heterocycles. The second-order valence-corrected chi connectivity index (χ2v) is 5.01. The number of rotatable bonds is 2. The number of nitrogens with zero attached hydrogens (tertiary/aromatic N) is 3. The Labute approximate surface area is 109 Å². The monoisotopic (exact) mass is 269 g/mol. The fourth-order valence-electron chi connectivity index (χ4n) is 1.19. The van der Waals surface area contributed by atoms with Crippen molar-refractivity contribution >= 4 is 23.4 Å². The van der Waals surface area contributed by atoms with E-state index in [-0.39, 0.29) is 0 Å². The molecule has 0 amide bonds. The van der Waals surface area contributed by atoms with E-state index in [0.29, 0.717) is 15.4 Å². The van der Waals surface area contributed by atoms with Crippen LogP contribution in [0.5, 0.6) is 0 Å². The molecule has 2 rings (SSSR count). The maximum atomic E-state index is 6.03. The van der Waals surface area contributed by atoms with Gasteiger partial charge in [-0.1, -0.05) is 11.6 Å². The fourth-order valence-corrected chi connectivity index (χ4v) is 2.30. The second kappa shape index (κ2) is 4.66. The van der Waals surface area contributed by atoms with E-state index in [1.807, 2.05) is 27.7 Å². The maximum Gasteiger partial charge on any atom is 0.262 e. The van der Waals surface area contributed by atoms with Crippen molar-refractivity contribution in [2.24, 2.45) is 0 Å². The average Bonchev–Trinajstić information content (AvgIpc) is 2.55. The Morgan fingerprint density at radius 2 is 1.59 bits per heavy atom. The molecule has 17 heavy (non-hydrogen) atoms. The number of hydrogen-bond acceptors (Lipinski definition) is 5. The molecule has 0 fully saturated rings. The number of aryl methyl sites for hydroxylation is 4. The molecule has 0 radical (unpaired) electrons. The van der Waals surface area contributed by atoms with Gasteiger partial charge in [0.1, 0.15) is 10.8 Å². The molecule has 0 aliphatic heterocycles. The van der Waals surface area contributed by atoms with Crippen LogP contribution in [0.4, 0.5) is 0 Å². The zero-order chi connectivity index (χ0) is 12.6. The van der Waals surface area contributed by atoms with Crippen molar-refractivity contribution in [2.45, 2.75) is 37.9 Å². The van der Waals surface area contributed by atoms with Crippen molar-refractivity contribution in [1.82, 2.24) is 15.0 Å². The summed E-state index contributed by atoms with van der Waals surface area (Å²) in [5.41, 5.74) is 2.57. The van der Waals surface area contributed by atoms with E-state index >= 15 is 0 Å². The molecular weight excluding hydrogens is 258 g/mol. The summed E-state index contributed by atoms with van der Waals surface area (Å²) in [6.45, 7) is 7.55. The van der Waals surface area contributed by atoms with Gasteiger partial charge in [-0.05, 0) is 39.5 Å². The molecule has 0 N–H and O–H groups in total. The van der Waals surface area contributed by atoms with Gasteiger partial charge in [0.05, 0.1) is 17.1 Å². The normalized spacial score (nSPS) is 10.9. The summed E-state index contributed by atoms with van der Waals surface area (Å²) in [5, 5.41) is 1.54. The molecule has 90 valence electrons. The van der Waals surface area contributed by atoms with Crippen molar-refractivity contribution in [2.75, 3.05) is 0 Å². The van der Waals surface area contributed by atoms with E-state index in [1.54, 1.807) is 0 Å². The van der Waals surface area contributed by atoms with Gasteiger partial charge in [0.2, 0.25) is 0 Å². The fraction of sp³-hybridized carbons (Fsp3) is 0.364. The maximum absolute atomic E-state index is 6.03. The molecule has 2 aromatic heterocycles. The molecule has 2 aromatic rings. The standard InChI is InChI=1S/C11H12ClN3OS/c1-5-6(2)14-10(9(12)13-5)17-11-15-7(3)8(4)16-11/h1-4H3. The van der Waals surface area contributed by atoms with Crippen LogP contribution in [0.1, 0.15) is 22.8 Å². The summed E-state index contributed by atoms with van der Waals surface area (Å²) in [6, 6.07) is 0. The van der Waals surface area contributed by atoms with E-state index < -0.39 is 0 Å². The molecule has 0 atom stereocenters. The van der Waals surface area contributed by atoms with Gasteiger partial charge < -0.3 is 4.42 Å². The van der Waals surface area contributed by atoms with Crippen LogP contribution in [0.15, 0.2) is 14.7 Å². The second-order valence-electron chi connectivity index (χ2n) is 3.71. The minimum Gasteiger partial charge on any atom is -0.436 e. The minimum absolute atomic E-state index is 0.381. The summed E-state index contributed by atoms with van der Waals surface area (Å²) in [5.74, 6) is 0.806. The molecule has 6 heteroatoms. The van der Waals surface area contributed by atoms with Crippen molar-refractivity contribution in [1.29, 1.82) is 0 Å². The molecule has 0 aliphatic rings. The lowest BCUT2D eigenvalue weighted by Gasteiger charge is -2.03. The predicted molar refractivity (Wildman–Crippen MR) is 66.6 cm³/mol. The van der Waals surface area contributed by atoms with Crippen LogP contribution in [-0.4, -0.2) is 15.0 Å². The van der Waals surface area contributed by atoms with Crippen LogP contribution in [0, 0.1) is 27.7 Å². The van der Waals surface area contributed by atoms with Gasteiger partial charge in [0, 0.05) is 0 Å². The van der Waals surface area contributed by atoms with E-state index in [9.17, 15) is 0 Å². The molecule has 0 aromatic carbocycles. The minimum atomic E-state index is 0.381. The molecule has 0 unspecified atom stereocenters. The molecule has 0 bridgehead atoms. The largest absolute Gasteiger partial charge is 0.436 e. The first-order valence-corrected chi connectivity index (χ1v) is 6.29. The van der Waals surface area contributed by atoms with Gasteiger partial charge in [-0.2, -0.15) is 0 Å². The Bertz CT molecular complexity index is 549. The smallest absolute Gasteiger partial charge is 0.262 e. The van der Waals surface area contributed by atoms with E-state index in [2.05, 4.69) is 15.0 Å². The lowest BCUT2D eigenvalue weighted by Crippen LogP contribution is -1.95. The van der Waals surface area contributed by atoms with Crippen LogP contribution in [0.25, 0.3) is 0 Å². The first-order chi connectivity index (χ1) is 7.97. The first kappa shape index (κ1) is 12.4. The molecule has 0 aliphatic carbocycles. The SMILES string of the molecule is Cc1nc(Cl)c(Sc2nc(C)c(C)o2)nc1C. The van der Waals surface area contributed by atoms with E-state index in [4.69, 9.17) is 16.0 Å².